The van der Waals surface area contributed by atoms with Gasteiger partial charge in [0.15, 0.2) is 5.11 Å². The molecule has 2 rings (SSSR count). The van der Waals surface area contributed by atoms with Crippen LogP contribution in [0.1, 0.15) is 5.56 Å². The first-order chi connectivity index (χ1) is 9.54. The molecule has 1 fully saturated rings. The van der Waals surface area contributed by atoms with Gasteiger partial charge in [-0.1, -0.05) is 24.3 Å². The van der Waals surface area contributed by atoms with Crippen LogP contribution >= 0.6 is 12.2 Å². The normalized spacial score (nSPS) is 17.4. The second-order valence-corrected chi connectivity index (χ2v) is 4.43. The van der Waals surface area contributed by atoms with Gasteiger partial charge in [0, 0.05) is 12.1 Å². The Morgan fingerprint density at radius 3 is 2.70 bits per heavy atom. The van der Waals surface area contributed by atoms with Crippen LogP contribution in [-0.4, -0.2) is 28.4 Å². The van der Waals surface area contributed by atoms with Crippen molar-refractivity contribution in [1.82, 2.24) is 10.2 Å². The van der Waals surface area contributed by atoms with E-state index in [1.54, 1.807) is 6.07 Å². The summed E-state index contributed by atoms with van der Waals surface area (Å²) in [6.45, 7) is 3.69. The van der Waals surface area contributed by atoms with Gasteiger partial charge in [-0.2, -0.15) is 0 Å². The molecule has 1 heterocycles. The predicted octanol–water partition coefficient (Wildman–Crippen LogP) is 1.64. The summed E-state index contributed by atoms with van der Waals surface area (Å²) < 4.78 is 13.6. The van der Waals surface area contributed by atoms with Crippen LogP contribution < -0.4 is 5.32 Å². The molecule has 0 saturated carbocycles. The van der Waals surface area contributed by atoms with E-state index in [1.165, 1.54) is 35.3 Å². The SMILES string of the molecule is C=CCN1C(=O)C(=Cc2ccccc2F)C(=O)NC1=S. The molecule has 1 aromatic rings. The van der Waals surface area contributed by atoms with Crippen molar-refractivity contribution in [2.75, 3.05) is 6.54 Å². The third-order valence-corrected chi connectivity index (χ3v) is 3.02. The molecule has 20 heavy (non-hydrogen) atoms. The van der Waals surface area contributed by atoms with Crippen molar-refractivity contribution in [3.63, 3.8) is 0 Å². The van der Waals surface area contributed by atoms with E-state index in [0.717, 1.165) is 0 Å². The molecule has 1 aromatic carbocycles. The number of carbonyl (C=O) groups is 2. The van der Waals surface area contributed by atoms with Crippen molar-refractivity contribution in [2.45, 2.75) is 0 Å². The Morgan fingerprint density at radius 2 is 2.05 bits per heavy atom. The summed E-state index contributed by atoms with van der Waals surface area (Å²) in [5.41, 5.74) is 0.00271. The first-order valence-electron chi connectivity index (χ1n) is 5.79. The topological polar surface area (TPSA) is 49.4 Å². The van der Waals surface area contributed by atoms with Crippen LogP contribution in [0.25, 0.3) is 6.08 Å². The molecule has 1 saturated heterocycles. The van der Waals surface area contributed by atoms with Crippen molar-refractivity contribution in [2.24, 2.45) is 0 Å². The summed E-state index contributed by atoms with van der Waals surface area (Å²) in [5.74, 6) is -1.71. The van der Waals surface area contributed by atoms with Crippen molar-refractivity contribution < 1.29 is 14.0 Å². The number of nitrogens with zero attached hydrogens (tertiary/aromatic N) is 1. The van der Waals surface area contributed by atoms with Crippen LogP contribution in [0.5, 0.6) is 0 Å². The monoisotopic (exact) mass is 290 g/mol. The zero-order valence-electron chi connectivity index (χ0n) is 10.4. The molecular weight excluding hydrogens is 279 g/mol. The Balaban J connectivity index is 2.42. The van der Waals surface area contributed by atoms with Crippen molar-refractivity contribution in [3.05, 3.63) is 53.9 Å². The van der Waals surface area contributed by atoms with Gasteiger partial charge in [0.1, 0.15) is 11.4 Å². The first kappa shape index (κ1) is 14.1. The van der Waals surface area contributed by atoms with E-state index in [-0.39, 0.29) is 22.8 Å². The van der Waals surface area contributed by atoms with Gasteiger partial charge >= 0.3 is 0 Å². The van der Waals surface area contributed by atoms with Gasteiger partial charge in [-0.3, -0.25) is 19.8 Å². The third-order valence-electron chi connectivity index (χ3n) is 2.70. The van der Waals surface area contributed by atoms with E-state index in [4.69, 9.17) is 12.2 Å². The standard InChI is InChI=1S/C14H11FN2O2S/c1-2-7-17-13(19)10(12(18)16-14(17)20)8-9-5-3-4-6-11(9)15/h2-6,8H,1,7H2,(H,16,18,20). The lowest BCUT2D eigenvalue weighted by Gasteiger charge is -2.27. The van der Waals surface area contributed by atoms with E-state index in [2.05, 4.69) is 11.9 Å². The van der Waals surface area contributed by atoms with Crippen LogP contribution in [0.4, 0.5) is 4.39 Å². The summed E-state index contributed by atoms with van der Waals surface area (Å²) in [7, 11) is 0. The fourth-order valence-corrected chi connectivity index (χ4v) is 1.99. The van der Waals surface area contributed by atoms with Crippen molar-refractivity contribution >= 4 is 35.2 Å². The van der Waals surface area contributed by atoms with Gasteiger partial charge in [0.2, 0.25) is 0 Å². The Morgan fingerprint density at radius 1 is 1.35 bits per heavy atom. The van der Waals surface area contributed by atoms with Gasteiger partial charge in [0.25, 0.3) is 11.8 Å². The summed E-state index contributed by atoms with van der Waals surface area (Å²) in [4.78, 5) is 25.2. The molecular formula is C14H11FN2O2S. The lowest BCUT2D eigenvalue weighted by Crippen LogP contribution is -2.53. The molecule has 4 nitrogen and oxygen atoms in total. The van der Waals surface area contributed by atoms with Gasteiger partial charge < -0.3 is 0 Å². The fourth-order valence-electron chi connectivity index (χ4n) is 1.74. The Hall–Kier alpha value is -2.34. The van der Waals surface area contributed by atoms with Crippen LogP contribution in [0, 0.1) is 5.82 Å². The molecule has 0 radical (unpaired) electrons. The predicted molar refractivity (Wildman–Crippen MR) is 77.0 cm³/mol. The molecule has 0 aromatic heterocycles. The van der Waals surface area contributed by atoms with E-state index in [9.17, 15) is 14.0 Å². The maximum atomic E-state index is 13.6. The highest BCUT2D eigenvalue weighted by Gasteiger charge is 2.32. The number of thiocarbonyl (C=S) groups is 1. The van der Waals surface area contributed by atoms with E-state index < -0.39 is 17.6 Å². The number of carbonyl (C=O) groups excluding carboxylic acids is 2. The molecule has 0 unspecified atom stereocenters. The number of hydrogen-bond donors (Lipinski definition) is 1. The van der Waals surface area contributed by atoms with E-state index in [1.807, 2.05) is 0 Å². The maximum Gasteiger partial charge on any atom is 0.265 e. The third kappa shape index (κ3) is 2.65. The van der Waals surface area contributed by atoms with Gasteiger partial charge in [-0.15, -0.1) is 6.58 Å². The average Bonchev–Trinajstić information content (AvgIpc) is 2.41. The minimum atomic E-state index is -0.636. The van der Waals surface area contributed by atoms with E-state index in [0.29, 0.717) is 0 Å². The average molecular weight is 290 g/mol. The Kier molecular flexibility index (Phi) is 4.05. The lowest BCUT2D eigenvalue weighted by atomic mass is 10.1. The van der Waals surface area contributed by atoms with Crippen LogP contribution in [0.3, 0.4) is 0 Å². The number of amides is 2. The molecule has 102 valence electrons. The highest BCUT2D eigenvalue weighted by molar-refractivity contribution is 7.80. The van der Waals surface area contributed by atoms with Crippen LogP contribution in [-0.2, 0) is 9.59 Å². The minimum absolute atomic E-state index is 0.0191. The minimum Gasteiger partial charge on any atom is -0.298 e. The second-order valence-electron chi connectivity index (χ2n) is 4.04. The van der Waals surface area contributed by atoms with Gasteiger partial charge in [-0.05, 0) is 24.4 Å². The van der Waals surface area contributed by atoms with Gasteiger partial charge in [-0.25, -0.2) is 4.39 Å². The number of nitrogens with one attached hydrogen (secondary N) is 1. The van der Waals surface area contributed by atoms with E-state index >= 15 is 0 Å². The largest absolute Gasteiger partial charge is 0.298 e. The quantitative estimate of drug-likeness (QED) is 0.398. The highest BCUT2D eigenvalue weighted by Crippen LogP contribution is 2.16. The molecule has 6 heteroatoms. The molecule has 0 aliphatic carbocycles. The Bertz CT molecular complexity index is 640. The molecule has 0 bridgehead atoms. The molecule has 2 amide bonds. The molecule has 0 spiro atoms. The van der Waals surface area contributed by atoms with Gasteiger partial charge in [0.05, 0.1) is 0 Å². The number of hydrogen-bond acceptors (Lipinski definition) is 3. The molecule has 0 atom stereocenters. The maximum absolute atomic E-state index is 13.6. The molecule has 1 aliphatic heterocycles. The van der Waals surface area contributed by atoms with Crippen LogP contribution in [0.2, 0.25) is 0 Å². The number of benzene rings is 1. The Labute approximate surface area is 120 Å². The lowest BCUT2D eigenvalue weighted by molar-refractivity contribution is -0.128. The number of rotatable bonds is 3. The van der Waals surface area contributed by atoms with Crippen molar-refractivity contribution in [3.8, 4) is 0 Å². The molecule has 1 aliphatic rings. The van der Waals surface area contributed by atoms with Crippen molar-refractivity contribution in [1.29, 1.82) is 0 Å². The summed E-state index contributed by atoms with van der Waals surface area (Å²) in [6, 6.07) is 5.88. The fraction of sp³-hybridized carbons (Fsp3) is 0.0714. The smallest absolute Gasteiger partial charge is 0.265 e. The second kappa shape index (κ2) is 5.75. The summed E-state index contributed by atoms with van der Waals surface area (Å²) in [6.07, 6.45) is 2.70. The molecule has 1 N–H and O–H groups in total. The summed E-state index contributed by atoms with van der Waals surface area (Å²) in [5, 5.41) is 2.41. The van der Waals surface area contributed by atoms with Crippen LogP contribution in [0.15, 0.2) is 42.5 Å². The zero-order chi connectivity index (χ0) is 14.7. The highest BCUT2D eigenvalue weighted by atomic mass is 32.1. The zero-order valence-corrected chi connectivity index (χ0v) is 11.2. The summed E-state index contributed by atoms with van der Waals surface area (Å²) >= 11 is 4.91. The first-order valence-corrected chi connectivity index (χ1v) is 6.19. The number of halogens is 1.